The van der Waals surface area contributed by atoms with E-state index in [1.54, 1.807) is 20.2 Å². The van der Waals surface area contributed by atoms with Gasteiger partial charge in [-0.1, -0.05) is 0 Å². The lowest BCUT2D eigenvalue weighted by Gasteiger charge is -2.27. The first-order valence-electron chi connectivity index (χ1n) is 9.20. The summed E-state index contributed by atoms with van der Waals surface area (Å²) in [5.74, 6) is -3.11. The van der Waals surface area contributed by atoms with Gasteiger partial charge in [0, 0.05) is 59.2 Å². The predicted molar refractivity (Wildman–Crippen MR) is 102 cm³/mol. The number of alkyl halides is 3. The van der Waals surface area contributed by atoms with Crippen molar-refractivity contribution in [3.63, 3.8) is 0 Å². The summed E-state index contributed by atoms with van der Waals surface area (Å²) in [6.45, 7) is 5.79. The number of carbonyl (C=O) groups excluding carboxylic acids is 2. The van der Waals surface area contributed by atoms with Crippen LogP contribution in [0.15, 0.2) is 18.5 Å². The van der Waals surface area contributed by atoms with Gasteiger partial charge in [-0.3, -0.25) is 14.6 Å². The molecule has 168 valence electrons. The molecule has 2 rings (SSSR count). The van der Waals surface area contributed by atoms with Crippen LogP contribution in [0.2, 0.25) is 0 Å². The lowest BCUT2D eigenvalue weighted by Crippen LogP contribution is -2.44. The van der Waals surface area contributed by atoms with Crippen LogP contribution in [0.25, 0.3) is 0 Å². The Bertz CT molecular complexity index is 722. The Labute approximate surface area is 172 Å². The van der Waals surface area contributed by atoms with Gasteiger partial charge >= 0.3 is 12.1 Å². The quantitative estimate of drug-likeness (QED) is 0.558. The van der Waals surface area contributed by atoms with E-state index < -0.39 is 12.1 Å². The van der Waals surface area contributed by atoms with Crippen LogP contribution in [0, 0.1) is 0 Å². The number of carboxylic acid groups (broad SMARTS) is 1. The highest BCUT2D eigenvalue weighted by Gasteiger charge is 2.38. The van der Waals surface area contributed by atoms with E-state index in [4.69, 9.17) is 9.90 Å². The molecular weight excluding hydrogens is 407 g/mol. The molecule has 30 heavy (non-hydrogen) atoms. The second-order valence-electron chi connectivity index (χ2n) is 6.67. The zero-order valence-corrected chi connectivity index (χ0v) is 16.8. The van der Waals surface area contributed by atoms with Gasteiger partial charge in [0.2, 0.25) is 0 Å². The highest BCUT2D eigenvalue weighted by molar-refractivity contribution is 5.99. The number of piperazine rings is 1. The standard InChI is InChI=1S/C16H25N5O2.C2HF3O2/c1-20(2)16(23)14-10-13(11-18-12-14)15(22)19-4-3-7-21-8-5-17-6-9-21;3-2(4,5)1(6)7/h10-12,17H,3-9H2,1-2H3,(H,19,22);(H,6,7). The van der Waals surface area contributed by atoms with Crippen molar-refractivity contribution < 1.29 is 32.7 Å². The number of hydrogen-bond acceptors (Lipinski definition) is 6. The molecule has 1 saturated heterocycles. The number of hydrogen-bond donors (Lipinski definition) is 3. The number of rotatable bonds is 6. The fraction of sp³-hybridized carbons (Fsp3) is 0.556. The van der Waals surface area contributed by atoms with E-state index in [9.17, 15) is 22.8 Å². The molecule has 0 bridgehead atoms. The molecule has 1 aliphatic heterocycles. The van der Waals surface area contributed by atoms with E-state index >= 15 is 0 Å². The summed E-state index contributed by atoms with van der Waals surface area (Å²) >= 11 is 0. The van der Waals surface area contributed by atoms with Crippen molar-refractivity contribution in [2.45, 2.75) is 12.6 Å². The SMILES string of the molecule is CN(C)C(=O)c1cncc(C(=O)NCCCN2CCNCC2)c1.O=C(O)C(F)(F)F. The van der Waals surface area contributed by atoms with Crippen LogP contribution in [-0.4, -0.2) is 97.2 Å². The van der Waals surface area contributed by atoms with Gasteiger partial charge in [0.15, 0.2) is 0 Å². The Hall–Kier alpha value is -2.73. The van der Waals surface area contributed by atoms with Crippen molar-refractivity contribution in [1.29, 1.82) is 0 Å². The van der Waals surface area contributed by atoms with Crippen molar-refractivity contribution in [2.24, 2.45) is 0 Å². The Morgan fingerprint density at radius 2 is 1.77 bits per heavy atom. The largest absolute Gasteiger partial charge is 0.490 e. The number of amides is 2. The van der Waals surface area contributed by atoms with Gasteiger partial charge in [-0.15, -0.1) is 0 Å². The first-order valence-corrected chi connectivity index (χ1v) is 9.20. The number of carbonyl (C=O) groups is 3. The Balaban J connectivity index is 0.000000553. The Kier molecular flexibility index (Phi) is 10.2. The summed E-state index contributed by atoms with van der Waals surface area (Å²) in [5.41, 5.74) is 0.836. The molecule has 0 saturated carbocycles. The van der Waals surface area contributed by atoms with Crippen molar-refractivity contribution in [3.05, 3.63) is 29.6 Å². The summed E-state index contributed by atoms with van der Waals surface area (Å²) in [6, 6.07) is 1.58. The van der Waals surface area contributed by atoms with E-state index in [-0.39, 0.29) is 11.8 Å². The number of carboxylic acids is 1. The Morgan fingerprint density at radius 3 is 2.30 bits per heavy atom. The highest BCUT2D eigenvalue weighted by atomic mass is 19.4. The Morgan fingerprint density at radius 1 is 1.20 bits per heavy atom. The van der Waals surface area contributed by atoms with Crippen LogP contribution in [-0.2, 0) is 4.79 Å². The third-order valence-electron chi connectivity index (χ3n) is 4.04. The second kappa shape index (κ2) is 12.1. The monoisotopic (exact) mass is 433 g/mol. The van der Waals surface area contributed by atoms with Crippen LogP contribution in [0.5, 0.6) is 0 Å². The molecule has 2 heterocycles. The number of aliphatic carboxylic acids is 1. The predicted octanol–water partition coefficient (Wildman–Crippen LogP) is 0.442. The van der Waals surface area contributed by atoms with E-state index in [2.05, 4.69) is 20.5 Å². The van der Waals surface area contributed by atoms with Crippen LogP contribution in [0.1, 0.15) is 27.1 Å². The molecule has 9 nitrogen and oxygen atoms in total. The van der Waals surface area contributed by atoms with Crippen LogP contribution in [0.3, 0.4) is 0 Å². The maximum atomic E-state index is 12.1. The summed E-state index contributed by atoms with van der Waals surface area (Å²) < 4.78 is 31.7. The van der Waals surface area contributed by atoms with Crippen molar-refractivity contribution in [1.82, 2.24) is 25.4 Å². The number of pyridine rings is 1. The number of halogens is 3. The molecule has 0 radical (unpaired) electrons. The normalized spacial score (nSPS) is 14.3. The highest BCUT2D eigenvalue weighted by Crippen LogP contribution is 2.13. The zero-order chi connectivity index (χ0) is 22.7. The third kappa shape index (κ3) is 9.18. The smallest absolute Gasteiger partial charge is 0.475 e. The fourth-order valence-electron chi connectivity index (χ4n) is 2.48. The van der Waals surface area contributed by atoms with Gasteiger partial charge in [-0.05, 0) is 19.0 Å². The molecule has 3 N–H and O–H groups in total. The molecule has 0 aromatic carbocycles. The number of nitrogens with one attached hydrogen (secondary N) is 2. The molecule has 1 aromatic heterocycles. The van der Waals surface area contributed by atoms with E-state index in [0.717, 1.165) is 39.1 Å². The first kappa shape index (κ1) is 25.3. The summed E-state index contributed by atoms with van der Waals surface area (Å²) in [4.78, 5) is 40.8. The summed E-state index contributed by atoms with van der Waals surface area (Å²) in [5, 5.41) is 13.3. The first-order chi connectivity index (χ1) is 14.0. The van der Waals surface area contributed by atoms with Gasteiger partial charge in [-0.2, -0.15) is 13.2 Å². The van der Waals surface area contributed by atoms with Crippen LogP contribution < -0.4 is 10.6 Å². The topological polar surface area (TPSA) is 115 Å². The van der Waals surface area contributed by atoms with Crippen molar-refractivity contribution >= 4 is 17.8 Å². The minimum absolute atomic E-state index is 0.161. The molecule has 1 fully saturated rings. The molecule has 1 aromatic rings. The van der Waals surface area contributed by atoms with E-state index in [1.165, 1.54) is 17.3 Å². The average molecular weight is 433 g/mol. The fourth-order valence-corrected chi connectivity index (χ4v) is 2.48. The van der Waals surface area contributed by atoms with Gasteiger partial charge in [0.25, 0.3) is 11.8 Å². The molecule has 0 spiro atoms. The minimum atomic E-state index is -5.08. The summed E-state index contributed by atoms with van der Waals surface area (Å²) in [7, 11) is 3.34. The minimum Gasteiger partial charge on any atom is -0.475 e. The van der Waals surface area contributed by atoms with Gasteiger partial charge in [0.05, 0.1) is 11.1 Å². The zero-order valence-electron chi connectivity index (χ0n) is 16.8. The number of aromatic nitrogens is 1. The number of nitrogens with zero attached hydrogens (tertiary/aromatic N) is 3. The molecule has 0 atom stereocenters. The summed E-state index contributed by atoms with van der Waals surface area (Å²) in [6.07, 6.45) is -1.21. The molecule has 12 heteroatoms. The molecule has 0 unspecified atom stereocenters. The maximum Gasteiger partial charge on any atom is 0.490 e. The van der Waals surface area contributed by atoms with E-state index in [0.29, 0.717) is 17.7 Å². The molecule has 1 aliphatic rings. The van der Waals surface area contributed by atoms with Gasteiger partial charge < -0.3 is 25.5 Å². The molecular formula is C18H26F3N5O4. The van der Waals surface area contributed by atoms with Crippen LogP contribution in [0.4, 0.5) is 13.2 Å². The maximum absolute atomic E-state index is 12.1. The third-order valence-corrected chi connectivity index (χ3v) is 4.04. The molecule has 0 aliphatic carbocycles. The lowest BCUT2D eigenvalue weighted by molar-refractivity contribution is -0.192. The van der Waals surface area contributed by atoms with Crippen LogP contribution >= 0.6 is 0 Å². The molecule has 2 amide bonds. The van der Waals surface area contributed by atoms with Gasteiger partial charge in [-0.25, -0.2) is 4.79 Å². The van der Waals surface area contributed by atoms with E-state index in [1.807, 2.05) is 0 Å². The van der Waals surface area contributed by atoms with Crippen molar-refractivity contribution in [3.8, 4) is 0 Å². The lowest BCUT2D eigenvalue weighted by atomic mass is 10.2. The van der Waals surface area contributed by atoms with Gasteiger partial charge in [0.1, 0.15) is 0 Å². The van der Waals surface area contributed by atoms with Crippen molar-refractivity contribution in [2.75, 3.05) is 53.4 Å². The average Bonchev–Trinajstić information content (AvgIpc) is 2.71. The second-order valence-corrected chi connectivity index (χ2v) is 6.67.